The predicted molar refractivity (Wildman–Crippen MR) is 64.0 cm³/mol. The van der Waals surface area contributed by atoms with Gasteiger partial charge in [-0.15, -0.1) is 0 Å². The second kappa shape index (κ2) is 6.03. The smallest absolute Gasteiger partial charge is 0.331 e. The molecule has 0 bridgehead atoms. The topological polar surface area (TPSA) is 43.4 Å². The van der Waals surface area contributed by atoms with Crippen molar-refractivity contribution in [1.82, 2.24) is 0 Å². The molecule has 1 aromatic rings. The van der Waals surface area contributed by atoms with Crippen LogP contribution in [0.5, 0.6) is 0 Å². The zero-order valence-electron chi connectivity index (χ0n) is 8.28. The van der Waals surface area contributed by atoms with Gasteiger partial charge in [-0.25, -0.2) is 9.00 Å². The average molecular weight is 279 g/mol. The van der Waals surface area contributed by atoms with E-state index in [9.17, 15) is 9.00 Å². The number of hydrogen-bond donors (Lipinski definition) is 0. The molecule has 3 nitrogen and oxygen atoms in total. The number of ether oxygens (including phenoxy) is 1. The number of rotatable bonds is 3. The van der Waals surface area contributed by atoms with E-state index < -0.39 is 16.8 Å². The maximum atomic E-state index is 11.8. The molecule has 0 aliphatic rings. The van der Waals surface area contributed by atoms with Crippen molar-refractivity contribution in [3.8, 4) is 0 Å². The van der Waals surface area contributed by atoms with E-state index in [1.165, 1.54) is 12.5 Å². The largest absolute Gasteiger partial charge is 0.466 e. The number of carbonyl (C=O) groups excluding carboxylic acids is 1. The van der Waals surface area contributed by atoms with Crippen molar-refractivity contribution in [2.24, 2.45) is 0 Å². The molecule has 0 heterocycles. The van der Waals surface area contributed by atoms with Crippen LogP contribution in [-0.2, 0) is 20.3 Å². The summed E-state index contributed by atoms with van der Waals surface area (Å²) in [7, 11) is -0.340. The highest BCUT2D eigenvalue weighted by Gasteiger charge is 2.10. The Labute approximate surface area is 105 Å². The Morgan fingerprint density at radius 1 is 1.38 bits per heavy atom. The van der Waals surface area contributed by atoms with Gasteiger partial charge in [0, 0.05) is 11.5 Å². The lowest BCUT2D eigenvalue weighted by Gasteiger charge is -2.02. The minimum absolute atomic E-state index is 0.283. The van der Waals surface area contributed by atoms with Crippen LogP contribution in [0.2, 0.25) is 10.0 Å². The second-order valence-electron chi connectivity index (χ2n) is 2.67. The molecule has 1 unspecified atom stereocenters. The Bertz CT molecular complexity index is 437. The van der Waals surface area contributed by atoms with Crippen LogP contribution in [0.3, 0.4) is 0 Å². The van der Waals surface area contributed by atoms with Crippen LogP contribution in [0.1, 0.15) is 0 Å². The van der Waals surface area contributed by atoms with Crippen LogP contribution >= 0.6 is 23.2 Å². The first kappa shape index (κ1) is 13.2. The highest BCUT2D eigenvalue weighted by molar-refractivity contribution is 7.88. The zero-order chi connectivity index (χ0) is 12.1. The SMILES string of the molecule is COC(=O)/C=C/S(=O)c1c(Cl)cccc1Cl. The Kier molecular flexibility index (Phi) is 4.99. The second-order valence-corrected chi connectivity index (χ2v) is 4.76. The van der Waals surface area contributed by atoms with Gasteiger partial charge in [-0.1, -0.05) is 29.3 Å². The third-order valence-corrected chi connectivity index (χ3v) is 3.73. The maximum Gasteiger partial charge on any atom is 0.331 e. The van der Waals surface area contributed by atoms with Crippen LogP contribution in [0.15, 0.2) is 34.6 Å². The van der Waals surface area contributed by atoms with Crippen molar-refractivity contribution in [3.05, 3.63) is 39.7 Å². The van der Waals surface area contributed by atoms with Crippen molar-refractivity contribution in [2.45, 2.75) is 4.90 Å². The van der Waals surface area contributed by atoms with Gasteiger partial charge in [0.05, 0.1) is 32.9 Å². The number of carbonyl (C=O) groups is 1. The number of hydrogen-bond acceptors (Lipinski definition) is 3. The highest BCUT2D eigenvalue weighted by atomic mass is 35.5. The molecule has 0 fully saturated rings. The van der Waals surface area contributed by atoms with E-state index in [2.05, 4.69) is 4.74 Å². The molecule has 0 aliphatic carbocycles. The van der Waals surface area contributed by atoms with Crippen LogP contribution in [-0.4, -0.2) is 17.3 Å². The van der Waals surface area contributed by atoms with E-state index in [1.54, 1.807) is 18.2 Å². The summed E-state index contributed by atoms with van der Waals surface area (Å²) in [4.78, 5) is 11.1. The summed E-state index contributed by atoms with van der Waals surface area (Å²) in [6, 6.07) is 4.80. The number of benzene rings is 1. The molecule has 0 N–H and O–H groups in total. The molecule has 86 valence electrons. The van der Waals surface area contributed by atoms with Gasteiger partial charge >= 0.3 is 5.97 Å². The predicted octanol–water partition coefficient (Wildman–Crippen LogP) is 2.79. The average Bonchev–Trinajstić information content (AvgIpc) is 2.25. The Morgan fingerprint density at radius 2 is 1.94 bits per heavy atom. The van der Waals surface area contributed by atoms with Crippen molar-refractivity contribution >= 4 is 40.0 Å². The van der Waals surface area contributed by atoms with Gasteiger partial charge in [-0.2, -0.15) is 0 Å². The van der Waals surface area contributed by atoms with Crippen LogP contribution in [0.4, 0.5) is 0 Å². The third kappa shape index (κ3) is 3.33. The Balaban J connectivity index is 2.97. The standard InChI is InChI=1S/C10H8Cl2O3S/c1-15-9(13)5-6-16(14)10-7(11)3-2-4-8(10)12/h2-6H,1H3/b6-5+. The first-order valence-electron chi connectivity index (χ1n) is 4.17. The van der Waals surface area contributed by atoms with Crippen LogP contribution in [0.25, 0.3) is 0 Å². The Morgan fingerprint density at radius 3 is 2.44 bits per heavy atom. The summed E-state index contributed by atoms with van der Waals surface area (Å²) >= 11 is 11.7. The molecule has 1 aromatic carbocycles. The molecular weight excluding hydrogens is 271 g/mol. The fraction of sp³-hybridized carbons (Fsp3) is 0.100. The molecule has 0 aliphatic heterocycles. The molecule has 0 saturated heterocycles. The zero-order valence-corrected chi connectivity index (χ0v) is 10.6. The number of halogens is 2. The fourth-order valence-corrected chi connectivity index (χ4v) is 2.67. The molecule has 0 aromatic heterocycles. The monoisotopic (exact) mass is 278 g/mol. The van der Waals surface area contributed by atoms with Gasteiger partial charge in [0.2, 0.25) is 0 Å². The lowest BCUT2D eigenvalue weighted by molar-refractivity contribution is -0.134. The van der Waals surface area contributed by atoms with Crippen LogP contribution < -0.4 is 0 Å². The quantitative estimate of drug-likeness (QED) is 0.631. The normalized spacial score (nSPS) is 12.7. The summed E-state index contributed by atoms with van der Waals surface area (Å²) < 4.78 is 16.1. The van der Waals surface area contributed by atoms with Gasteiger partial charge in [0.1, 0.15) is 0 Å². The maximum absolute atomic E-state index is 11.8. The summed E-state index contributed by atoms with van der Waals surface area (Å²) in [6.45, 7) is 0. The van der Waals surface area contributed by atoms with Crippen molar-refractivity contribution in [1.29, 1.82) is 0 Å². The van der Waals surface area contributed by atoms with E-state index in [0.29, 0.717) is 10.0 Å². The highest BCUT2D eigenvalue weighted by Crippen LogP contribution is 2.28. The first-order chi connectivity index (χ1) is 7.56. The van der Waals surface area contributed by atoms with Crippen LogP contribution in [0, 0.1) is 0 Å². The van der Waals surface area contributed by atoms with E-state index in [1.807, 2.05) is 0 Å². The van der Waals surface area contributed by atoms with Crippen molar-refractivity contribution in [2.75, 3.05) is 7.11 Å². The van der Waals surface area contributed by atoms with E-state index in [-0.39, 0.29) is 4.90 Å². The molecule has 6 heteroatoms. The third-order valence-electron chi connectivity index (χ3n) is 1.65. The van der Waals surface area contributed by atoms with E-state index in [4.69, 9.17) is 23.2 Å². The number of esters is 1. The van der Waals surface area contributed by atoms with E-state index >= 15 is 0 Å². The molecule has 0 radical (unpaired) electrons. The lowest BCUT2D eigenvalue weighted by atomic mass is 10.4. The minimum atomic E-state index is -1.57. The molecule has 0 spiro atoms. The van der Waals surface area contributed by atoms with E-state index in [0.717, 1.165) is 6.08 Å². The fourth-order valence-electron chi connectivity index (χ4n) is 0.928. The van der Waals surface area contributed by atoms with Gasteiger partial charge < -0.3 is 4.74 Å². The summed E-state index contributed by atoms with van der Waals surface area (Å²) in [5.41, 5.74) is 0. The molecule has 0 saturated carbocycles. The number of methoxy groups -OCH3 is 1. The lowest BCUT2D eigenvalue weighted by Crippen LogP contribution is -1.96. The molecule has 1 rings (SSSR count). The molecule has 1 atom stereocenters. The van der Waals surface area contributed by atoms with Crippen molar-refractivity contribution in [3.63, 3.8) is 0 Å². The molecule has 0 amide bonds. The van der Waals surface area contributed by atoms with Crippen molar-refractivity contribution < 1.29 is 13.7 Å². The van der Waals surface area contributed by atoms with Gasteiger partial charge in [0.25, 0.3) is 0 Å². The molecule has 16 heavy (non-hydrogen) atoms. The Hall–Kier alpha value is -0.840. The summed E-state index contributed by atoms with van der Waals surface area (Å²) in [5.74, 6) is -0.587. The summed E-state index contributed by atoms with van der Waals surface area (Å²) in [5, 5.41) is 1.76. The van der Waals surface area contributed by atoms with Gasteiger partial charge in [-0.05, 0) is 12.1 Å². The minimum Gasteiger partial charge on any atom is -0.466 e. The first-order valence-corrected chi connectivity index (χ1v) is 6.14. The van der Waals surface area contributed by atoms with Gasteiger partial charge in [0.15, 0.2) is 0 Å². The van der Waals surface area contributed by atoms with Gasteiger partial charge in [-0.3, -0.25) is 0 Å². The summed E-state index contributed by atoms with van der Waals surface area (Å²) in [6.07, 6.45) is 1.07. The molecular formula is C10H8Cl2O3S.